The molecule has 0 bridgehead atoms. The Hall–Kier alpha value is -3.12. The van der Waals surface area contributed by atoms with Crippen LogP contribution in [-0.4, -0.2) is 17.7 Å². The van der Waals surface area contributed by atoms with Gasteiger partial charge in [-0.2, -0.15) is 0 Å². The number of hydrogen-bond acceptors (Lipinski definition) is 5. The maximum absolute atomic E-state index is 12.2. The van der Waals surface area contributed by atoms with Crippen molar-refractivity contribution >= 4 is 28.5 Å². The molecule has 1 aliphatic heterocycles. The van der Waals surface area contributed by atoms with E-state index in [0.29, 0.717) is 16.8 Å². The molecule has 4 rings (SSSR count). The number of benzene rings is 2. The smallest absolute Gasteiger partial charge is 0.250 e. The second-order valence-corrected chi connectivity index (χ2v) is 7.61. The first-order chi connectivity index (χ1) is 13.6. The Kier molecular flexibility index (Phi) is 5.12. The Labute approximate surface area is 167 Å². The first kappa shape index (κ1) is 18.3. The van der Waals surface area contributed by atoms with E-state index in [1.54, 1.807) is 6.08 Å². The van der Waals surface area contributed by atoms with Gasteiger partial charge in [-0.3, -0.25) is 10.1 Å². The molecule has 0 spiro atoms. The number of carbonyl (C=O) groups is 1. The zero-order valence-corrected chi connectivity index (χ0v) is 16.5. The fraction of sp³-hybridized carbons (Fsp3) is 0.182. The van der Waals surface area contributed by atoms with E-state index in [1.807, 2.05) is 23.6 Å². The maximum atomic E-state index is 12.2. The molecule has 1 amide bonds. The summed E-state index contributed by atoms with van der Waals surface area (Å²) in [7, 11) is 0. The molecule has 5 nitrogen and oxygen atoms in total. The summed E-state index contributed by atoms with van der Waals surface area (Å²) in [6.07, 6.45) is 3.21. The van der Waals surface area contributed by atoms with Crippen molar-refractivity contribution in [2.75, 3.05) is 12.1 Å². The van der Waals surface area contributed by atoms with Gasteiger partial charge in [0.15, 0.2) is 16.6 Å². The molecule has 0 atom stereocenters. The molecule has 0 unspecified atom stereocenters. The van der Waals surface area contributed by atoms with Crippen molar-refractivity contribution in [3.05, 3.63) is 65.0 Å². The van der Waals surface area contributed by atoms with Crippen LogP contribution in [0.5, 0.6) is 11.5 Å². The summed E-state index contributed by atoms with van der Waals surface area (Å²) in [5.41, 5.74) is 4.05. The van der Waals surface area contributed by atoms with Crippen LogP contribution in [0.2, 0.25) is 0 Å². The molecule has 1 aliphatic rings. The van der Waals surface area contributed by atoms with Crippen LogP contribution in [0.15, 0.2) is 53.9 Å². The summed E-state index contributed by atoms with van der Waals surface area (Å²) in [5.74, 6) is 1.68. The van der Waals surface area contributed by atoms with Gasteiger partial charge in [-0.1, -0.05) is 44.2 Å². The highest BCUT2D eigenvalue weighted by Gasteiger charge is 2.12. The number of nitrogens with zero attached hydrogens (tertiary/aromatic N) is 1. The number of rotatable bonds is 5. The first-order valence-corrected chi connectivity index (χ1v) is 9.91. The summed E-state index contributed by atoms with van der Waals surface area (Å²) in [6.45, 7) is 4.57. The van der Waals surface area contributed by atoms with Gasteiger partial charge in [0.05, 0.1) is 5.69 Å². The molecule has 0 saturated heterocycles. The summed E-state index contributed by atoms with van der Waals surface area (Å²) in [6, 6.07) is 13.9. The molecular weight excluding hydrogens is 372 g/mol. The fourth-order valence-electron chi connectivity index (χ4n) is 2.84. The summed E-state index contributed by atoms with van der Waals surface area (Å²) < 4.78 is 10.6. The normalized spacial score (nSPS) is 12.7. The van der Waals surface area contributed by atoms with Crippen LogP contribution in [0.4, 0.5) is 5.13 Å². The lowest BCUT2D eigenvalue weighted by molar-refractivity contribution is -0.111. The number of hydrogen-bond donors (Lipinski definition) is 1. The third-order valence-electron chi connectivity index (χ3n) is 4.43. The van der Waals surface area contributed by atoms with Gasteiger partial charge >= 0.3 is 0 Å². The van der Waals surface area contributed by atoms with E-state index in [9.17, 15) is 4.79 Å². The molecule has 2 aromatic carbocycles. The lowest BCUT2D eigenvalue weighted by Gasteiger charge is -2.05. The van der Waals surface area contributed by atoms with E-state index in [2.05, 4.69) is 48.4 Å². The van der Waals surface area contributed by atoms with Crippen LogP contribution in [0.1, 0.15) is 30.9 Å². The summed E-state index contributed by atoms with van der Waals surface area (Å²) in [4.78, 5) is 16.7. The van der Waals surface area contributed by atoms with Gasteiger partial charge in [-0.25, -0.2) is 4.98 Å². The second-order valence-electron chi connectivity index (χ2n) is 6.75. The highest BCUT2D eigenvalue weighted by Crippen LogP contribution is 2.33. The van der Waals surface area contributed by atoms with E-state index in [1.165, 1.54) is 23.0 Å². The van der Waals surface area contributed by atoms with E-state index in [-0.39, 0.29) is 12.7 Å². The van der Waals surface area contributed by atoms with Crippen molar-refractivity contribution in [1.29, 1.82) is 0 Å². The summed E-state index contributed by atoms with van der Waals surface area (Å²) in [5, 5.41) is 5.33. The topological polar surface area (TPSA) is 60.5 Å². The Morgan fingerprint density at radius 2 is 1.93 bits per heavy atom. The Bertz CT molecular complexity index is 1020. The van der Waals surface area contributed by atoms with Crippen molar-refractivity contribution in [3.63, 3.8) is 0 Å². The third-order valence-corrected chi connectivity index (χ3v) is 5.19. The first-order valence-electron chi connectivity index (χ1n) is 9.03. The lowest BCUT2D eigenvalue weighted by atomic mass is 10.0. The van der Waals surface area contributed by atoms with Crippen LogP contribution in [0, 0.1) is 0 Å². The van der Waals surface area contributed by atoms with Gasteiger partial charge < -0.3 is 9.47 Å². The zero-order valence-electron chi connectivity index (χ0n) is 15.6. The molecule has 0 fully saturated rings. The van der Waals surface area contributed by atoms with Crippen molar-refractivity contribution < 1.29 is 14.3 Å². The maximum Gasteiger partial charge on any atom is 0.250 e. The van der Waals surface area contributed by atoms with Crippen molar-refractivity contribution in [2.24, 2.45) is 0 Å². The average molecular weight is 392 g/mol. The minimum Gasteiger partial charge on any atom is -0.454 e. The predicted octanol–water partition coefficient (Wildman–Crippen LogP) is 5.31. The van der Waals surface area contributed by atoms with Gasteiger partial charge in [-0.15, -0.1) is 11.3 Å². The second kappa shape index (κ2) is 7.86. The minimum absolute atomic E-state index is 0.228. The fourth-order valence-corrected chi connectivity index (χ4v) is 3.56. The van der Waals surface area contributed by atoms with Crippen molar-refractivity contribution in [1.82, 2.24) is 4.98 Å². The molecule has 142 valence electrons. The van der Waals surface area contributed by atoms with Crippen molar-refractivity contribution in [2.45, 2.75) is 19.8 Å². The average Bonchev–Trinajstić information content (AvgIpc) is 3.35. The molecular formula is C22H20N2O3S. The van der Waals surface area contributed by atoms with Gasteiger partial charge in [-0.05, 0) is 35.3 Å². The Balaban J connectivity index is 1.40. The van der Waals surface area contributed by atoms with Crippen LogP contribution in [0.3, 0.4) is 0 Å². The zero-order chi connectivity index (χ0) is 19.5. The molecule has 1 N–H and O–H groups in total. The number of amides is 1. The number of fused-ring (bicyclic) bond motifs is 1. The molecule has 0 radical (unpaired) electrons. The SMILES string of the molecule is CC(C)c1ccc(-c2csc(NC(=O)C=Cc3ccc4c(c3)OCO4)n2)cc1. The Morgan fingerprint density at radius 3 is 2.71 bits per heavy atom. The van der Waals surface area contributed by atoms with Crippen molar-refractivity contribution in [3.8, 4) is 22.8 Å². The van der Waals surface area contributed by atoms with Gasteiger partial charge in [0.1, 0.15) is 0 Å². The molecule has 2 heterocycles. The molecule has 1 aromatic heterocycles. The largest absolute Gasteiger partial charge is 0.454 e. The molecule has 0 aliphatic carbocycles. The van der Waals surface area contributed by atoms with Gasteiger partial charge in [0.25, 0.3) is 0 Å². The number of carbonyl (C=O) groups excluding carboxylic acids is 1. The molecule has 6 heteroatoms. The minimum atomic E-state index is -0.228. The number of thiazole rings is 1. The van der Waals surface area contributed by atoms with Crippen LogP contribution < -0.4 is 14.8 Å². The van der Waals surface area contributed by atoms with Crippen LogP contribution in [0.25, 0.3) is 17.3 Å². The number of ether oxygens (including phenoxy) is 2. The summed E-state index contributed by atoms with van der Waals surface area (Å²) >= 11 is 1.41. The molecule has 0 saturated carbocycles. The quantitative estimate of drug-likeness (QED) is 0.598. The third kappa shape index (κ3) is 4.07. The van der Waals surface area contributed by atoms with E-state index < -0.39 is 0 Å². The van der Waals surface area contributed by atoms with Crippen LogP contribution in [-0.2, 0) is 4.79 Å². The van der Waals surface area contributed by atoms with E-state index in [0.717, 1.165) is 22.6 Å². The Morgan fingerprint density at radius 1 is 1.14 bits per heavy atom. The van der Waals surface area contributed by atoms with E-state index in [4.69, 9.17) is 9.47 Å². The van der Waals surface area contributed by atoms with Crippen LogP contribution >= 0.6 is 11.3 Å². The predicted molar refractivity (Wildman–Crippen MR) is 112 cm³/mol. The standard InChI is InChI=1S/C22H20N2O3S/c1-14(2)16-5-7-17(8-6-16)18-12-28-22(23-18)24-21(25)10-4-15-3-9-19-20(11-15)27-13-26-19/h3-12,14H,13H2,1-2H3,(H,23,24,25). The number of nitrogens with one attached hydrogen (secondary N) is 1. The highest BCUT2D eigenvalue weighted by molar-refractivity contribution is 7.14. The highest BCUT2D eigenvalue weighted by atomic mass is 32.1. The number of anilines is 1. The monoisotopic (exact) mass is 392 g/mol. The van der Waals surface area contributed by atoms with E-state index >= 15 is 0 Å². The number of aromatic nitrogens is 1. The molecule has 3 aromatic rings. The molecule has 28 heavy (non-hydrogen) atoms. The van der Waals surface area contributed by atoms with Gasteiger partial charge in [0.2, 0.25) is 12.7 Å². The van der Waals surface area contributed by atoms with Gasteiger partial charge in [0, 0.05) is 17.0 Å². The lowest BCUT2D eigenvalue weighted by Crippen LogP contribution is -2.07.